The van der Waals surface area contributed by atoms with Crippen molar-refractivity contribution in [2.45, 2.75) is 0 Å². The molecular weight excluding hydrogens is 593 g/mol. The van der Waals surface area contributed by atoms with E-state index in [2.05, 4.69) is 170 Å². The second-order valence-corrected chi connectivity index (χ2v) is 12.9. The van der Waals surface area contributed by atoms with Crippen molar-refractivity contribution < 1.29 is 4.42 Å². The number of fused-ring (bicyclic) bond motifs is 6. The molecule has 1 heterocycles. The summed E-state index contributed by atoms with van der Waals surface area (Å²) in [5.74, 6) is 0. The van der Waals surface area contributed by atoms with Gasteiger partial charge in [0.2, 0.25) is 0 Å². The first kappa shape index (κ1) is 27.7. The lowest BCUT2D eigenvalue weighted by molar-refractivity contribution is 0.669. The Hall–Kier alpha value is -6.44. The Morgan fingerprint density at radius 2 is 0.755 bits per heavy atom. The summed E-state index contributed by atoms with van der Waals surface area (Å²) in [5.41, 5.74) is 11.4. The Balaban J connectivity index is 1.26. The summed E-state index contributed by atoms with van der Waals surface area (Å²) in [6.07, 6.45) is 0. The van der Waals surface area contributed by atoms with Gasteiger partial charge in [-0.2, -0.15) is 0 Å². The van der Waals surface area contributed by atoms with Gasteiger partial charge in [-0.3, -0.25) is 0 Å². The summed E-state index contributed by atoms with van der Waals surface area (Å²) in [5, 5.41) is 9.78. The average molecular weight is 623 g/mol. The van der Waals surface area contributed by atoms with Gasteiger partial charge in [0.05, 0.1) is 0 Å². The van der Waals surface area contributed by atoms with E-state index in [1.165, 1.54) is 65.7 Å². The van der Waals surface area contributed by atoms with Gasteiger partial charge in [-0.25, -0.2) is 0 Å². The minimum atomic E-state index is 0.904. The molecule has 10 rings (SSSR count). The van der Waals surface area contributed by atoms with Crippen molar-refractivity contribution >= 4 is 54.3 Å². The van der Waals surface area contributed by atoms with E-state index in [0.29, 0.717) is 0 Å². The lowest BCUT2D eigenvalue weighted by Gasteiger charge is -2.19. The Bertz CT molecular complexity index is 2820. The number of furan rings is 1. The molecule has 9 aromatic carbocycles. The minimum Gasteiger partial charge on any atom is -0.456 e. The van der Waals surface area contributed by atoms with Crippen molar-refractivity contribution in [2.75, 3.05) is 0 Å². The van der Waals surface area contributed by atoms with Crippen LogP contribution in [0.3, 0.4) is 0 Å². The fraction of sp³-hybridized carbons (Fsp3) is 0. The molecule has 0 bridgehead atoms. The van der Waals surface area contributed by atoms with Crippen molar-refractivity contribution in [3.05, 3.63) is 182 Å². The molecule has 49 heavy (non-hydrogen) atoms. The first-order valence-electron chi connectivity index (χ1n) is 16.8. The molecule has 0 amide bonds. The van der Waals surface area contributed by atoms with Crippen molar-refractivity contribution in [2.24, 2.45) is 0 Å². The molecule has 1 heteroatoms. The minimum absolute atomic E-state index is 0.904. The quantitative estimate of drug-likeness (QED) is 0.178. The molecule has 0 fully saturated rings. The van der Waals surface area contributed by atoms with Crippen LogP contribution in [0.5, 0.6) is 0 Å². The summed E-state index contributed by atoms with van der Waals surface area (Å²) >= 11 is 0. The van der Waals surface area contributed by atoms with Gasteiger partial charge in [0.15, 0.2) is 0 Å². The second-order valence-electron chi connectivity index (χ2n) is 12.9. The van der Waals surface area contributed by atoms with Gasteiger partial charge in [-0.1, -0.05) is 140 Å². The van der Waals surface area contributed by atoms with Crippen LogP contribution in [0.2, 0.25) is 0 Å². The lowest BCUT2D eigenvalue weighted by atomic mass is 9.84. The van der Waals surface area contributed by atoms with Crippen molar-refractivity contribution in [3.8, 4) is 44.5 Å². The van der Waals surface area contributed by atoms with Crippen LogP contribution >= 0.6 is 0 Å². The molecule has 1 aromatic heterocycles. The molecule has 1 nitrogen and oxygen atoms in total. The predicted octanol–water partition coefficient (Wildman–Crippen LogP) is 13.7. The van der Waals surface area contributed by atoms with Gasteiger partial charge in [-0.05, 0) is 119 Å². The maximum absolute atomic E-state index is 6.34. The molecule has 0 unspecified atom stereocenters. The van der Waals surface area contributed by atoms with Crippen LogP contribution in [0.15, 0.2) is 186 Å². The maximum atomic E-state index is 6.34. The largest absolute Gasteiger partial charge is 0.456 e. The summed E-state index contributed by atoms with van der Waals surface area (Å²) in [4.78, 5) is 0. The maximum Gasteiger partial charge on any atom is 0.136 e. The first-order chi connectivity index (χ1) is 24.3. The Morgan fingerprint density at radius 3 is 1.47 bits per heavy atom. The van der Waals surface area contributed by atoms with Crippen LogP contribution in [0, 0.1) is 0 Å². The Morgan fingerprint density at radius 1 is 0.245 bits per heavy atom. The molecule has 0 aliphatic carbocycles. The number of para-hydroxylation sites is 1. The van der Waals surface area contributed by atoms with Gasteiger partial charge in [-0.15, -0.1) is 0 Å². The summed E-state index contributed by atoms with van der Waals surface area (Å²) in [6, 6.07) is 65.9. The number of rotatable bonds is 4. The van der Waals surface area contributed by atoms with E-state index in [1.807, 2.05) is 12.1 Å². The van der Waals surface area contributed by atoms with E-state index < -0.39 is 0 Å². The highest BCUT2D eigenvalue weighted by molar-refractivity contribution is 6.22. The van der Waals surface area contributed by atoms with Gasteiger partial charge in [0.25, 0.3) is 0 Å². The standard InChI is InChI=1S/C48H30O/c1-2-12-31(13-3-1)36-27-37(34-24-25-40-39-16-10-11-21-45(39)49-46(40)30-34)29-38(28-36)48-43-19-8-6-17-41(43)47(42-18-7-9-20-44(42)48)35-23-22-32-14-4-5-15-33(32)26-35/h1-30H. The molecule has 0 N–H and O–H groups in total. The van der Waals surface area contributed by atoms with Crippen LogP contribution in [-0.4, -0.2) is 0 Å². The second kappa shape index (κ2) is 11.1. The zero-order valence-corrected chi connectivity index (χ0v) is 26.7. The molecule has 0 aliphatic heterocycles. The molecular formula is C48H30O. The monoisotopic (exact) mass is 622 g/mol. The van der Waals surface area contributed by atoms with E-state index in [4.69, 9.17) is 4.42 Å². The van der Waals surface area contributed by atoms with Crippen molar-refractivity contribution in [3.63, 3.8) is 0 Å². The highest BCUT2D eigenvalue weighted by Gasteiger charge is 2.18. The van der Waals surface area contributed by atoms with Crippen LogP contribution in [-0.2, 0) is 0 Å². The zero-order valence-electron chi connectivity index (χ0n) is 26.7. The van der Waals surface area contributed by atoms with Crippen LogP contribution < -0.4 is 0 Å². The van der Waals surface area contributed by atoms with Gasteiger partial charge >= 0.3 is 0 Å². The molecule has 0 saturated carbocycles. The number of hydrogen-bond acceptors (Lipinski definition) is 1. The summed E-state index contributed by atoms with van der Waals surface area (Å²) in [6.45, 7) is 0. The third-order valence-corrected chi connectivity index (χ3v) is 10.0. The highest BCUT2D eigenvalue weighted by atomic mass is 16.3. The van der Waals surface area contributed by atoms with E-state index in [0.717, 1.165) is 33.1 Å². The molecule has 0 radical (unpaired) electrons. The molecule has 0 saturated heterocycles. The number of benzene rings is 9. The zero-order chi connectivity index (χ0) is 32.3. The molecule has 0 spiro atoms. The van der Waals surface area contributed by atoms with Gasteiger partial charge < -0.3 is 4.42 Å². The predicted molar refractivity (Wildman–Crippen MR) is 208 cm³/mol. The van der Waals surface area contributed by atoms with Crippen molar-refractivity contribution in [1.82, 2.24) is 0 Å². The fourth-order valence-electron chi connectivity index (χ4n) is 7.74. The lowest BCUT2D eigenvalue weighted by Crippen LogP contribution is -1.92. The fourth-order valence-corrected chi connectivity index (χ4v) is 7.74. The van der Waals surface area contributed by atoms with E-state index >= 15 is 0 Å². The smallest absolute Gasteiger partial charge is 0.136 e. The van der Waals surface area contributed by atoms with Crippen LogP contribution in [0.1, 0.15) is 0 Å². The van der Waals surface area contributed by atoms with E-state index in [-0.39, 0.29) is 0 Å². The SMILES string of the molecule is c1ccc(-c2cc(-c3ccc4c(c3)oc3ccccc34)cc(-c3c4ccccc4c(-c4ccc5ccccc5c4)c4ccccc34)c2)cc1. The Kier molecular flexibility index (Phi) is 6.25. The average Bonchev–Trinajstić information content (AvgIpc) is 3.55. The highest BCUT2D eigenvalue weighted by Crippen LogP contribution is 2.46. The normalized spacial score (nSPS) is 11.7. The van der Waals surface area contributed by atoms with Gasteiger partial charge in [0.1, 0.15) is 11.2 Å². The van der Waals surface area contributed by atoms with Crippen LogP contribution in [0.4, 0.5) is 0 Å². The van der Waals surface area contributed by atoms with Crippen LogP contribution in [0.25, 0.3) is 98.8 Å². The third kappa shape index (κ3) is 4.55. The summed E-state index contributed by atoms with van der Waals surface area (Å²) < 4.78 is 6.34. The molecule has 228 valence electrons. The number of hydrogen-bond donors (Lipinski definition) is 0. The molecule has 10 aromatic rings. The first-order valence-corrected chi connectivity index (χ1v) is 16.8. The topological polar surface area (TPSA) is 13.1 Å². The summed E-state index contributed by atoms with van der Waals surface area (Å²) in [7, 11) is 0. The molecule has 0 atom stereocenters. The van der Waals surface area contributed by atoms with Crippen molar-refractivity contribution in [1.29, 1.82) is 0 Å². The third-order valence-electron chi connectivity index (χ3n) is 10.0. The molecule has 0 aliphatic rings. The van der Waals surface area contributed by atoms with E-state index in [1.54, 1.807) is 0 Å². The van der Waals surface area contributed by atoms with Gasteiger partial charge in [0, 0.05) is 10.8 Å². The van der Waals surface area contributed by atoms with E-state index in [9.17, 15) is 0 Å². The Labute approximate surface area is 284 Å².